The molecule has 0 radical (unpaired) electrons. The predicted octanol–water partition coefficient (Wildman–Crippen LogP) is 5.33. The zero-order chi connectivity index (χ0) is 18.5. The third-order valence-corrected chi connectivity index (χ3v) is 5.46. The maximum Gasteiger partial charge on any atom is 0.266 e. The first-order valence-electron chi connectivity index (χ1n) is 8.20. The number of benzene rings is 2. The molecule has 1 aliphatic rings. The van der Waals surface area contributed by atoms with Crippen LogP contribution in [-0.4, -0.2) is 34.9 Å². The monoisotopic (exact) mass is 408 g/mol. The third kappa shape index (κ3) is 4.72. The summed E-state index contributed by atoms with van der Waals surface area (Å²) in [4.78, 5) is 18.9. The number of aliphatic imine (C=N–C) groups is 1. The van der Waals surface area contributed by atoms with Crippen LogP contribution in [0, 0.1) is 6.92 Å². The standard InChI is InChI=1S/C19H18Cl2N2O2S/c1-13-11-14(20)7-8-17(13)25-12-18(24)23-9-4-10-26-19(23)22-16-6-3-2-5-15(16)21/h2-3,5-8,11H,4,9-10,12H2,1H3. The number of halogens is 2. The van der Waals surface area contributed by atoms with Crippen LogP contribution < -0.4 is 4.74 Å². The van der Waals surface area contributed by atoms with Crippen LogP contribution in [0.25, 0.3) is 0 Å². The average Bonchev–Trinajstić information content (AvgIpc) is 2.63. The van der Waals surface area contributed by atoms with Gasteiger partial charge < -0.3 is 4.74 Å². The SMILES string of the molecule is Cc1cc(Cl)ccc1OCC(=O)N1CCCSC1=Nc1ccccc1Cl. The smallest absolute Gasteiger partial charge is 0.266 e. The molecule has 0 bridgehead atoms. The molecule has 0 unspecified atom stereocenters. The number of rotatable bonds is 4. The van der Waals surface area contributed by atoms with E-state index in [9.17, 15) is 4.79 Å². The van der Waals surface area contributed by atoms with Gasteiger partial charge >= 0.3 is 0 Å². The summed E-state index contributed by atoms with van der Waals surface area (Å²) in [7, 11) is 0. The van der Waals surface area contributed by atoms with Gasteiger partial charge in [-0.1, -0.05) is 47.1 Å². The molecule has 1 heterocycles. The van der Waals surface area contributed by atoms with Gasteiger partial charge in [0.2, 0.25) is 0 Å². The number of carbonyl (C=O) groups is 1. The largest absolute Gasteiger partial charge is 0.483 e. The summed E-state index contributed by atoms with van der Waals surface area (Å²) >= 11 is 13.7. The van der Waals surface area contributed by atoms with E-state index >= 15 is 0 Å². The lowest BCUT2D eigenvalue weighted by Crippen LogP contribution is -2.41. The van der Waals surface area contributed by atoms with E-state index in [0.29, 0.717) is 33.2 Å². The number of amides is 1. The lowest BCUT2D eigenvalue weighted by atomic mass is 10.2. The van der Waals surface area contributed by atoms with Crippen LogP contribution >= 0.6 is 35.0 Å². The van der Waals surface area contributed by atoms with Gasteiger partial charge in [-0.2, -0.15) is 0 Å². The highest BCUT2D eigenvalue weighted by molar-refractivity contribution is 8.13. The number of hydrogen-bond donors (Lipinski definition) is 0. The number of ether oxygens (including phenoxy) is 1. The first kappa shape index (κ1) is 19.1. The molecule has 1 aliphatic heterocycles. The number of nitrogens with zero attached hydrogens (tertiary/aromatic N) is 2. The van der Waals surface area contributed by atoms with Crippen LogP contribution in [0.2, 0.25) is 10.0 Å². The summed E-state index contributed by atoms with van der Waals surface area (Å²) < 4.78 is 5.69. The van der Waals surface area contributed by atoms with Crippen molar-refractivity contribution in [2.45, 2.75) is 13.3 Å². The molecule has 26 heavy (non-hydrogen) atoms. The predicted molar refractivity (Wildman–Crippen MR) is 109 cm³/mol. The molecule has 1 amide bonds. The van der Waals surface area contributed by atoms with E-state index < -0.39 is 0 Å². The Labute approximate surface area is 167 Å². The summed E-state index contributed by atoms with van der Waals surface area (Å²) in [5.74, 6) is 1.44. The van der Waals surface area contributed by atoms with Crippen molar-refractivity contribution < 1.29 is 9.53 Å². The van der Waals surface area contributed by atoms with E-state index in [1.807, 2.05) is 31.2 Å². The Morgan fingerprint density at radius 3 is 2.85 bits per heavy atom. The molecule has 7 heteroatoms. The van der Waals surface area contributed by atoms with Gasteiger partial charge in [-0.3, -0.25) is 9.69 Å². The molecule has 136 valence electrons. The Bertz CT molecular complexity index is 842. The number of hydrogen-bond acceptors (Lipinski definition) is 4. The van der Waals surface area contributed by atoms with Crippen molar-refractivity contribution in [3.8, 4) is 5.75 Å². The van der Waals surface area contributed by atoms with Crippen LogP contribution in [-0.2, 0) is 4.79 Å². The number of aryl methyl sites for hydroxylation is 1. The van der Waals surface area contributed by atoms with Crippen molar-refractivity contribution in [1.29, 1.82) is 0 Å². The van der Waals surface area contributed by atoms with E-state index in [1.54, 1.807) is 34.9 Å². The Morgan fingerprint density at radius 2 is 2.08 bits per heavy atom. The molecule has 0 saturated carbocycles. The molecule has 0 aliphatic carbocycles. The van der Waals surface area contributed by atoms with Crippen molar-refractivity contribution in [3.63, 3.8) is 0 Å². The third-order valence-electron chi connectivity index (χ3n) is 3.85. The lowest BCUT2D eigenvalue weighted by Gasteiger charge is -2.27. The van der Waals surface area contributed by atoms with Crippen molar-refractivity contribution in [1.82, 2.24) is 4.90 Å². The van der Waals surface area contributed by atoms with E-state index in [-0.39, 0.29) is 12.5 Å². The van der Waals surface area contributed by atoms with Gasteiger partial charge in [0.05, 0.1) is 10.7 Å². The van der Waals surface area contributed by atoms with Crippen LogP contribution in [0.5, 0.6) is 5.75 Å². The molecular formula is C19H18Cl2N2O2S. The molecule has 4 nitrogen and oxygen atoms in total. The molecule has 0 N–H and O–H groups in total. The quantitative estimate of drug-likeness (QED) is 0.685. The minimum Gasteiger partial charge on any atom is -0.483 e. The number of amidine groups is 1. The van der Waals surface area contributed by atoms with Crippen LogP contribution in [0.4, 0.5) is 5.69 Å². The van der Waals surface area contributed by atoms with Crippen LogP contribution in [0.1, 0.15) is 12.0 Å². The zero-order valence-electron chi connectivity index (χ0n) is 14.2. The molecule has 0 atom stereocenters. The topological polar surface area (TPSA) is 41.9 Å². The molecular weight excluding hydrogens is 391 g/mol. The van der Waals surface area contributed by atoms with Gasteiger partial charge in [0.25, 0.3) is 5.91 Å². The van der Waals surface area contributed by atoms with Crippen molar-refractivity contribution >= 4 is 51.7 Å². The van der Waals surface area contributed by atoms with Gasteiger partial charge in [0.15, 0.2) is 11.8 Å². The first-order valence-corrected chi connectivity index (χ1v) is 9.94. The van der Waals surface area contributed by atoms with Crippen molar-refractivity contribution in [2.75, 3.05) is 18.9 Å². The fourth-order valence-corrected chi connectivity index (χ4v) is 3.89. The maximum absolute atomic E-state index is 12.7. The highest BCUT2D eigenvalue weighted by Gasteiger charge is 2.24. The average molecular weight is 409 g/mol. The molecule has 1 fully saturated rings. The fourth-order valence-electron chi connectivity index (χ4n) is 2.52. The second-order valence-corrected chi connectivity index (χ2v) is 7.70. The maximum atomic E-state index is 12.7. The summed E-state index contributed by atoms with van der Waals surface area (Å²) in [5.41, 5.74) is 1.55. The first-order chi connectivity index (χ1) is 12.5. The number of carbonyl (C=O) groups excluding carboxylic acids is 1. The summed E-state index contributed by atoms with van der Waals surface area (Å²) in [6, 6.07) is 12.7. The van der Waals surface area contributed by atoms with E-state index in [2.05, 4.69) is 4.99 Å². The normalized spacial score (nSPS) is 16.0. The molecule has 1 saturated heterocycles. The molecule has 2 aromatic carbocycles. The van der Waals surface area contributed by atoms with Gasteiger partial charge in [-0.05, 0) is 49.2 Å². The summed E-state index contributed by atoms with van der Waals surface area (Å²) in [6.45, 7) is 2.47. The molecule has 0 spiro atoms. The summed E-state index contributed by atoms with van der Waals surface area (Å²) in [6.07, 6.45) is 0.915. The highest BCUT2D eigenvalue weighted by Crippen LogP contribution is 2.28. The number of thioether (sulfide) groups is 1. The fraction of sp³-hybridized carbons (Fsp3) is 0.263. The van der Waals surface area contributed by atoms with Crippen LogP contribution in [0.15, 0.2) is 47.5 Å². The second kappa shape index (κ2) is 8.80. The highest BCUT2D eigenvalue weighted by atomic mass is 35.5. The zero-order valence-corrected chi connectivity index (χ0v) is 16.6. The van der Waals surface area contributed by atoms with Gasteiger partial charge in [-0.15, -0.1) is 0 Å². The second-order valence-electron chi connectivity index (χ2n) is 5.79. The number of para-hydroxylation sites is 1. The Balaban J connectivity index is 1.73. The Kier molecular flexibility index (Phi) is 6.46. The van der Waals surface area contributed by atoms with Crippen molar-refractivity contribution in [2.24, 2.45) is 4.99 Å². The van der Waals surface area contributed by atoms with E-state index in [0.717, 1.165) is 17.7 Å². The minimum absolute atomic E-state index is 0.0510. The Hall–Kier alpha value is -1.69. The van der Waals surface area contributed by atoms with Crippen molar-refractivity contribution in [3.05, 3.63) is 58.1 Å². The minimum atomic E-state index is -0.127. The van der Waals surface area contributed by atoms with Gasteiger partial charge in [-0.25, -0.2) is 4.99 Å². The molecule has 3 rings (SSSR count). The van der Waals surface area contributed by atoms with Gasteiger partial charge in [0, 0.05) is 17.3 Å². The van der Waals surface area contributed by atoms with E-state index in [4.69, 9.17) is 27.9 Å². The van der Waals surface area contributed by atoms with Crippen LogP contribution in [0.3, 0.4) is 0 Å². The Morgan fingerprint density at radius 1 is 1.27 bits per heavy atom. The molecule has 2 aromatic rings. The lowest BCUT2D eigenvalue weighted by molar-refractivity contribution is -0.129. The molecule has 0 aromatic heterocycles. The van der Waals surface area contributed by atoms with E-state index in [1.165, 1.54) is 0 Å². The van der Waals surface area contributed by atoms with Gasteiger partial charge in [0.1, 0.15) is 5.75 Å². The summed E-state index contributed by atoms with van der Waals surface area (Å²) in [5, 5.41) is 1.86.